The van der Waals surface area contributed by atoms with Crippen molar-refractivity contribution in [2.45, 2.75) is 157 Å². The van der Waals surface area contributed by atoms with Crippen LogP contribution in [0.4, 0.5) is 0 Å². The molecule has 6 heteroatoms. The third kappa shape index (κ3) is 9.76. The molecular formula is C45H65O5P. The minimum absolute atomic E-state index is 0.0196. The SMILES string of the molecule is Cc1cc(CCC(=O)OCCOP2Oc3c(cc(C(C)(C)C)cc3C(C)(C)C)Cc3c2cc(C(C)(C)C)cc3C(C)(C)C)cc(C(C)(C)C)c1O. The van der Waals surface area contributed by atoms with Gasteiger partial charge in [0.15, 0.2) is 0 Å². The molecule has 3 aromatic carbocycles. The van der Waals surface area contributed by atoms with Crippen molar-refractivity contribution in [3.63, 3.8) is 0 Å². The standard InChI is InChI=1S/C45H65O5P/c1-28-21-29(22-35(39(28)47)44(11,12)13)17-18-38(46)48-19-20-49-51-37-27-32(42(5,6)7)25-34(43(8,9)10)33(37)24-30-23-31(41(2,3)4)26-36(40(30)50-51)45(14,15)16/h21-23,25-27,47H,17-20,24H2,1-16H3. The number of aryl methyl sites for hydroxylation is 2. The second kappa shape index (κ2) is 14.5. The first-order chi connectivity index (χ1) is 23.2. The molecule has 1 aliphatic heterocycles. The number of fused-ring (bicyclic) bond motifs is 2. The molecule has 51 heavy (non-hydrogen) atoms. The summed E-state index contributed by atoms with van der Waals surface area (Å²) in [5, 5.41) is 11.7. The number of carbonyl (C=O) groups is 1. The van der Waals surface area contributed by atoms with Crippen molar-refractivity contribution in [1.82, 2.24) is 0 Å². The first kappa shape index (κ1) is 40.9. The molecule has 5 nitrogen and oxygen atoms in total. The van der Waals surface area contributed by atoms with Crippen LogP contribution < -0.4 is 9.83 Å². The molecule has 0 radical (unpaired) electrons. The van der Waals surface area contributed by atoms with E-state index in [0.717, 1.165) is 34.2 Å². The maximum Gasteiger partial charge on any atom is 0.306 e. The van der Waals surface area contributed by atoms with E-state index < -0.39 is 8.38 Å². The summed E-state index contributed by atoms with van der Waals surface area (Å²) < 4.78 is 19.5. The van der Waals surface area contributed by atoms with Crippen molar-refractivity contribution in [1.29, 1.82) is 0 Å². The molecule has 1 N–H and O–H groups in total. The van der Waals surface area contributed by atoms with Gasteiger partial charge in [0.25, 0.3) is 8.38 Å². The minimum Gasteiger partial charge on any atom is -0.507 e. The van der Waals surface area contributed by atoms with Crippen molar-refractivity contribution >= 4 is 19.6 Å². The van der Waals surface area contributed by atoms with E-state index in [9.17, 15) is 9.90 Å². The van der Waals surface area contributed by atoms with Crippen molar-refractivity contribution < 1.29 is 23.7 Å². The first-order valence-corrected chi connectivity index (χ1v) is 19.8. The van der Waals surface area contributed by atoms with Gasteiger partial charge in [-0.2, -0.15) is 0 Å². The second-order valence-corrected chi connectivity index (χ2v) is 21.1. The highest BCUT2D eigenvalue weighted by Crippen LogP contribution is 2.51. The van der Waals surface area contributed by atoms with E-state index in [0.29, 0.717) is 12.2 Å². The molecule has 0 spiro atoms. The summed E-state index contributed by atoms with van der Waals surface area (Å²) in [4.78, 5) is 12.9. The summed E-state index contributed by atoms with van der Waals surface area (Å²) in [6.45, 7) is 35.7. The number of phenolic OH excluding ortho intramolecular Hbond substituents is 1. The summed E-state index contributed by atoms with van der Waals surface area (Å²) in [6, 6.07) is 13.3. The van der Waals surface area contributed by atoms with E-state index in [1.807, 2.05) is 19.1 Å². The smallest absolute Gasteiger partial charge is 0.306 e. The molecule has 0 aliphatic carbocycles. The molecule has 1 heterocycles. The van der Waals surface area contributed by atoms with Gasteiger partial charge in [-0.05, 0) is 91.0 Å². The Balaban J connectivity index is 1.65. The van der Waals surface area contributed by atoms with Gasteiger partial charge in [0.05, 0.1) is 6.61 Å². The molecule has 0 fully saturated rings. The number of aromatic hydroxyl groups is 1. The predicted octanol–water partition coefficient (Wildman–Crippen LogP) is 11.3. The molecule has 280 valence electrons. The van der Waals surface area contributed by atoms with Crippen LogP contribution in [0, 0.1) is 6.92 Å². The van der Waals surface area contributed by atoms with E-state index in [-0.39, 0.29) is 52.7 Å². The average molecular weight is 717 g/mol. The number of rotatable bonds is 7. The number of benzene rings is 3. The number of ether oxygens (including phenoxy) is 1. The summed E-state index contributed by atoms with van der Waals surface area (Å²) in [5.41, 5.74) is 9.74. The van der Waals surface area contributed by atoms with Crippen LogP contribution in [0.25, 0.3) is 0 Å². The summed E-state index contributed by atoms with van der Waals surface area (Å²) >= 11 is 0. The number of carbonyl (C=O) groups excluding carboxylic acids is 1. The van der Waals surface area contributed by atoms with Gasteiger partial charge in [-0.3, -0.25) is 4.79 Å². The van der Waals surface area contributed by atoms with E-state index in [1.54, 1.807) is 0 Å². The Morgan fingerprint density at radius 2 is 1.25 bits per heavy atom. The molecule has 1 atom stereocenters. The van der Waals surface area contributed by atoms with Crippen LogP contribution in [0.3, 0.4) is 0 Å². The summed E-state index contributed by atoms with van der Waals surface area (Å²) in [6.07, 6.45) is 1.56. The molecule has 0 amide bonds. The van der Waals surface area contributed by atoms with Crippen LogP contribution in [0.1, 0.15) is 160 Å². The monoisotopic (exact) mass is 716 g/mol. The molecule has 0 saturated carbocycles. The summed E-state index contributed by atoms with van der Waals surface area (Å²) in [7, 11) is -1.54. The van der Waals surface area contributed by atoms with Gasteiger partial charge in [0.1, 0.15) is 18.1 Å². The third-order valence-corrected chi connectivity index (χ3v) is 11.4. The van der Waals surface area contributed by atoms with Crippen LogP contribution in [-0.2, 0) is 54.0 Å². The Morgan fingerprint density at radius 3 is 1.80 bits per heavy atom. The zero-order valence-electron chi connectivity index (χ0n) is 34.5. The average Bonchev–Trinajstić information content (AvgIpc) is 3.12. The van der Waals surface area contributed by atoms with Gasteiger partial charge in [-0.1, -0.05) is 134 Å². The molecule has 1 aliphatic rings. The Morgan fingerprint density at radius 1 is 0.706 bits per heavy atom. The second-order valence-electron chi connectivity index (χ2n) is 19.7. The van der Waals surface area contributed by atoms with Gasteiger partial charge in [-0.15, -0.1) is 0 Å². The molecular weight excluding hydrogens is 651 g/mol. The Hall–Kier alpha value is -2.88. The fourth-order valence-corrected chi connectivity index (χ4v) is 8.19. The number of hydrogen-bond donors (Lipinski definition) is 1. The third-order valence-electron chi connectivity index (χ3n) is 9.82. The molecule has 0 bridgehead atoms. The van der Waals surface area contributed by atoms with Crippen LogP contribution in [-0.4, -0.2) is 24.3 Å². The van der Waals surface area contributed by atoms with Crippen molar-refractivity contribution in [3.8, 4) is 11.5 Å². The van der Waals surface area contributed by atoms with E-state index in [4.69, 9.17) is 13.8 Å². The van der Waals surface area contributed by atoms with Gasteiger partial charge in [-0.25, -0.2) is 0 Å². The molecule has 4 rings (SSSR count). The predicted molar refractivity (Wildman–Crippen MR) is 214 cm³/mol. The topological polar surface area (TPSA) is 65.0 Å². The largest absolute Gasteiger partial charge is 0.507 e. The lowest BCUT2D eigenvalue weighted by Crippen LogP contribution is -2.25. The van der Waals surface area contributed by atoms with Crippen LogP contribution in [0.15, 0.2) is 36.4 Å². The number of hydrogen-bond acceptors (Lipinski definition) is 5. The Kier molecular flexibility index (Phi) is 11.6. The van der Waals surface area contributed by atoms with E-state index >= 15 is 0 Å². The Bertz CT molecular complexity index is 1750. The highest BCUT2D eigenvalue weighted by atomic mass is 31.2. The van der Waals surface area contributed by atoms with E-state index in [2.05, 4.69) is 128 Å². The van der Waals surface area contributed by atoms with Crippen LogP contribution in [0.2, 0.25) is 0 Å². The maximum atomic E-state index is 12.9. The van der Waals surface area contributed by atoms with Crippen LogP contribution >= 0.6 is 8.38 Å². The first-order valence-electron chi connectivity index (χ1n) is 18.6. The van der Waals surface area contributed by atoms with Gasteiger partial charge in [0.2, 0.25) is 0 Å². The molecule has 0 saturated heterocycles. The lowest BCUT2D eigenvalue weighted by molar-refractivity contribution is -0.144. The summed E-state index contributed by atoms with van der Waals surface area (Å²) in [5.74, 6) is 0.980. The van der Waals surface area contributed by atoms with E-state index in [1.165, 1.54) is 33.4 Å². The molecule has 0 aromatic heterocycles. The fraction of sp³-hybridized carbons (Fsp3) is 0.578. The highest BCUT2D eigenvalue weighted by Gasteiger charge is 2.36. The minimum atomic E-state index is -1.54. The number of phenols is 1. The zero-order chi connectivity index (χ0) is 38.5. The normalized spacial score (nSPS) is 15.5. The molecule has 3 aromatic rings. The van der Waals surface area contributed by atoms with Gasteiger partial charge >= 0.3 is 5.97 Å². The number of esters is 1. The van der Waals surface area contributed by atoms with Crippen LogP contribution in [0.5, 0.6) is 11.5 Å². The highest BCUT2D eigenvalue weighted by molar-refractivity contribution is 7.56. The molecule has 1 unspecified atom stereocenters. The van der Waals surface area contributed by atoms with Gasteiger partial charge in [0, 0.05) is 23.7 Å². The van der Waals surface area contributed by atoms with Crippen molar-refractivity contribution in [2.24, 2.45) is 0 Å². The lowest BCUT2D eigenvalue weighted by atomic mass is 9.75. The lowest BCUT2D eigenvalue weighted by Gasteiger charge is -2.30. The maximum absolute atomic E-state index is 12.9. The quantitative estimate of drug-likeness (QED) is 0.150. The van der Waals surface area contributed by atoms with Crippen molar-refractivity contribution in [3.05, 3.63) is 86.5 Å². The Labute approximate surface area is 310 Å². The zero-order valence-corrected chi connectivity index (χ0v) is 35.4. The van der Waals surface area contributed by atoms with Crippen molar-refractivity contribution in [2.75, 3.05) is 13.2 Å². The van der Waals surface area contributed by atoms with Gasteiger partial charge < -0.3 is 18.9 Å². The fourth-order valence-electron chi connectivity index (χ4n) is 6.61.